The molecule has 3 amide bonds. The van der Waals surface area contributed by atoms with Crippen LogP contribution in [0.1, 0.15) is 136 Å². The van der Waals surface area contributed by atoms with Gasteiger partial charge in [0, 0.05) is 24.7 Å². The van der Waals surface area contributed by atoms with Crippen molar-refractivity contribution >= 4 is 17.7 Å². The van der Waals surface area contributed by atoms with E-state index in [1.807, 2.05) is 0 Å². The van der Waals surface area contributed by atoms with Crippen molar-refractivity contribution in [1.82, 2.24) is 16.0 Å². The number of hydrogen-bond acceptors (Lipinski definition) is 10. The summed E-state index contributed by atoms with van der Waals surface area (Å²) in [4.78, 5) is 41.1. The van der Waals surface area contributed by atoms with Gasteiger partial charge in [-0.05, 0) is 162 Å². The van der Waals surface area contributed by atoms with Crippen molar-refractivity contribution in [3.63, 3.8) is 0 Å². The Hall–Kier alpha value is -1.87. The molecular weight excluding hydrogens is 695 g/mol. The van der Waals surface area contributed by atoms with E-state index in [1.54, 1.807) is 0 Å². The Labute approximate surface area is 332 Å². The van der Waals surface area contributed by atoms with Crippen molar-refractivity contribution in [2.45, 2.75) is 173 Å². The maximum Gasteiger partial charge on any atom is 0.237 e. The number of nitrogens with one attached hydrogen (secondary N) is 3. The molecule has 0 saturated heterocycles. The van der Waals surface area contributed by atoms with Crippen molar-refractivity contribution in [2.24, 2.45) is 80.7 Å². The first-order valence-corrected chi connectivity index (χ1v) is 22.2. The normalized spacial score (nSPS) is 35.0. The van der Waals surface area contributed by atoms with E-state index in [0.29, 0.717) is 50.7 Å². The van der Waals surface area contributed by atoms with Gasteiger partial charge in [0.25, 0.3) is 0 Å². The third kappa shape index (κ3) is 10.8. The average Bonchev–Trinajstić information content (AvgIpc) is 3.52. The summed E-state index contributed by atoms with van der Waals surface area (Å²) in [6.45, 7) is 9.07. The summed E-state index contributed by atoms with van der Waals surface area (Å²) >= 11 is 0. The molecule has 318 valence electrons. The van der Waals surface area contributed by atoms with Crippen LogP contribution in [-0.4, -0.2) is 85.3 Å². The van der Waals surface area contributed by atoms with Gasteiger partial charge in [-0.25, -0.2) is 0 Å². The Morgan fingerprint density at radius 3 is 1.76 bits per heavy atom. The smallest absolute Gasteiger partial charge is 0.237 e. The van der Waals surface area contributed by atoms with Gasteiger partial charge in [0.2, 0.25) is 17.7 Å². The number of hydrogen-bond donors (Lipinski definition) is 10. The van der Waals surface area contributed by atoms with Crippen molar-refractivity contribution < 1.29 is 19.5 Å². The first-order chi connectivity index (χ1) is 26.3. The van der Waals surface area contributed by atoms with E-state index in [0.717, 1.165) is 96.3 Å². The molecule has 0 heterocycles. The molecule has 0 aromatic carbocycles. The predicted molar refractivity (Wildman–Crippen MR) is 220 cm³/mol. The number of amides is 3. The fourth-order valence-electron chi connectivity index (χ4n) is 12.1. The molecule has 16 N–H and O–H groups in total. The largest absolute Gasteiger partial charge is 0.396 e. The number of aliphatic hydroxyl groups is 1. The number of carbonyl (C=O) groups is 3. The molecule has 4 fully saturated rings. The van der Waals surface area contributed by atoms with Crippen LogP contribution in [0.2, 0.25) is 0 Å². The lowest BCUT2D eigenvalue weighted by atomic mass is 9.42. The second-order valence-electron chi connectivity index (χ2n) is 18.7. The summed E-state index contributed by atoms with van der Waals surface area (Å²) in [6, 6.07) is -1.89. The number of carbonyl (C=O) groups excluding carboxylic acids is 3. The highest BCUT2D eigenvalue weighted by atomic mass is 16.3. The summed E-state index contributed by atoms with van der Waals surface area (Å²) in [6.07, 6.45) is 14.8. The number of fused-ring (bicyclic) bond motifs is 5. The second kappa shape index (κ2) is 21.2. The first kappa shape index (κ1) is 45.8. The van der Waals surface area contributed by atoms with Crippen molar-refractivity contribution in [3.8, 4) is 0 Å². The summed E-state index contributed by atoms with van der Waals surface area (Å²) < 4.78 is 0. The lowest BCUT2D eigenvalue weighted by Crippen LogP contribution is -2.68. The highest BCUT2D eigenvalue weighted by Crippen LogP contribution is 2.68. The molecule has 0 bridgehead atoms. The van der Waals surface area contributed by atoms with E-state index < -0.39 is 18.1 Å². The molecule has 0 aliphatic heterocycles. The molecule has 4 saturated carbocycles. The van der Waals surface area contributed by atoms with Gasteiger partial charge in [0.05, 0.1) is 18.1 Å². The fourth-order valence-corrected chi connectivity index (χ4v) is 12.1. The molecule has 0 radical (unpaired) electrons. The quantitative estimate of drug-likeness (QED) is 0.0716. The maximum atomic E-state index is 13.9. The Kier molecular flexibility index (Phi) is 17.7. The molecule has 9 unspecified atom stereocenters. The van der Waals surface area contributed by atoms with Crippen LogP contribution >= 0.6 is 0 Å². The van der Waals surface area contributed by atoms with Crippen LogP contribution in [0, 0.1) is 46.3 Å². The van der Waals surface area contributed by atoms with Gasteiger partial charge in [-0.3, -0.25) is 14.4 Å². The Morgan fingerprint density at radius 2 is 1.22 bits per heavy atom. The number of rotatable bonds is 22. The van der Waals surface area contributed by atoms with Crippen LogP contribution in [-0.2, 0) is 14.4 Å². The minimum absolute atomic E-state index is 0.0108. The monoisotopic (exact) mass is 776 g/mol. The van der Waals surface area contributed by atoms with Crippen LogP contribution in [0.3, 0.4) is 0 Å². The molecule has 14 atom stereocenters. The molecule has 13 nitrogen and oxygen atoms in total. The van der Waals surface area contributed by atoms with Gasteiger partial charge in [-0.2, -0.15) is 0 Å². The van der Waals surface area contributed by atoms with Gasteiger partial charge in [-0.1, -0.05) is 40.0 Å². The van der Waals surface area contributed by atoms with Crippen molar-refractivity contribution in [1.29, 1.82) is 0 Å². The van der Waals surface area contributed by atoms with E-state index in [9.17, 15) is 19.5 Å². The van der Waals surface area contributed by atoms with E-state index in [4.69, 9.17) is 34.4 Å². The highest BCUT2D eigenvalue weighted by molar-refractivity contribution is 5.82. The molecular formula is C42H81N9O4. The zero-order valence-corrected chi connectivity index (χ0v) is 34.6. The van der Waals surface area contributed by atoms with Gasteiger partial charge >= 0.3 is 0 Å². The highest BCUT2D eigenvalue weighted by Gasteiger charge is 2.66. The Balaban J connectivity index is 1.68. The predicted octanol–water partition coefficient (Wildman–Crippen LogP) is 2.10. The molecule has 55 heavy (non-hydrogen) atoms. The van der Waals surface area contributed by atoms with Crippen molar-refractivity contribution in [3.05, 3.63) is 0 Å². The minimum Gasteiger partial charge on any atom is -0.396 e. The maximum absolute atomic E-state index is 13.9. The molecule has 4 aliphatic carbocycles. The standard InChI is InChI=1S/C42H81N9O4/c1-26(11-10-22-52)29-15-16-30-37-31(25-36(42(29,30)3)51-40(55)34(48)14-6-9-21-45)41(2)18-17-28(49-38(53)32(46)12-4-7-19-43)23-27(41)24-35(37)50-39(54)33(47)13-5-8-20-44/h26-37,52H,4-25,43-48H2,1-3H3,(H,49,53)(H,50,54)(H,51,55)/t26-,27?,28-,29?,30+,31+,32?,33+,34?,35?,36?,37?,41?,42?/m1/s1. The zero-order valence-electron chi connectivity index (χ0n) is 34.6. The average molecular weight is 776 g/mol. The van der Waals surface area contributed by atoms with E-state index >= 15 is 0 Å². The van der Waals surface area contributed by atoms with Crippen LogP contribution in [0.15, 0.2) is 0 Å². The fraction of sp³-hybridized carbons (Fsp3) is 0.929. The van der Waals surface area contributed by atoms with Gasteiger partial charge in [0.15, 0.2) is 0 Å². The van der Waals surface area contributed by atoms with Crippen LogP contribution < -0.4 is 50.4 Å². The van der Waals surface area contributed by atoms with Gasteiger partial charge in [-0.15, -0.1) is 0 Å². The second-order valence-corrected chi connectivity index (χ2v) is 18.7. The summed E-state index contributed by atoms with van der Waals surface area (Å²) in [7, 11) is 0. The topological polar surface area (TPSA) is 264 Å². The molecule has 0 aromatic heterocycles. The Bertz CT molecular complexity index is 1230. The number of unbranched alkanes of at least 4 members (excludes halogenated alkanes) is 3. The van der Waals surface area contributed by atoms with E-state index in [1.165, 1.54) is 0 Å². The Morgan fingerprint density at radius 1 is 0.673 bits per heavy atom. The lowest BCUT2D eigenvalue weighted by molar-refractivity contribution is -0.154. The van der Waals surface area contributed by atoms with E-state index in [2.05, 4.69) is 36.7 Å². The van der Waals surface area contributed by atoms with E-state index in [-0.39, 0.29) is 77.0 Å². The van der Waals surface area contributed by atoms with Gasteiger partial charge < -0.3 is 55.5 Å². The lowest BCUT2D eigenvalue weighted by Gasteiger charge is -2.65. The minimum atomic E-state index is -0.602. The van der Waals surface area contributed by atoms with Gasteiger partial charge in [0.1, 0.15) is 0 Å². The first-order valence-electron chi connectivity index (χ1n) is 22.2. The molecule has 13 heteroatoms. The SMILES string of the molecule is C[C@H](CCCO)C1CC[C@H]2C3C(NC(=O)[C@@H](N)CCCCN)CC4C[C@H](NC(=O)C(N)CCCCN)CCC4(C)[C@H]3CC(NC(=O)C(N)CCCCN)C12C. The summed E-state index contributed by atoms with van der Waals surface area (Å²) in [5.74, 6) is 1.41. The van der Waals surface area contributed by atoms with Crippen LogP contribution in [0.4, 0.5) is 0 Å². The third-order valence-electron chi connectivity index (χ3n) is 15.4. The molecule has 4 aliphatic rings. The third-order valence-corrected chi connectivity index (χ3v) is 15.4. The molecule has 0 aromatic rings. The van der Waals surface area contributed by atoms with Crippen LogP contribution in [0.5, 0.6) is 0 Å². The molecule has 4 rings (SSSR count). The summed E-state index contributed by atoms with van der Waals surface area (Å²) in [5, 5.41) is 20.2. The zero-order chi connectivity index (χ0) is 40.3. The molecule has 0 spiro atoms. The number of aliphatic hydroxyl groups excluding tert-OH is 1. The van der Waals surface area contributed by atoms with Crippen LogP contribution in [0.25, 0.3) is 0 Å². The summed E-state index contributed by atoms with van der Waals surface area (Å²) in [5.41, 5.74) is 36.3. The number of nitrogens with two attached hydrogens (primary N) is 6. The van der Waals surface area contributed by atoms with Crippen molar-refractivity contribution in [2.75, 3.05) is 26.2 Å².